The molecule has 0 spiro atoms. The molecule has 0 amide bonds. The number of halogens is 1. The minimum absolute atomic E-state index is 0.503. The van der Waals surface area contributed by atoms with Gasteiger partial charge in [0.1, 0.15) is 0 Å². The van der Waals surface area contributed by atoms with E-state index in [-0.39, 0.29) is 0 Å². The average Bonchev–Trinajstić information content (AvgIpc) is 2.15. The SMILES string of the molecule is Cc1nc(OCC(C)C)ccc1CCl. The summed E-state index contributed by atoms with van der Waals surface area (Å²) in [5.41, 5.74) is 2.00. The molecule has 0 aliphatic rings. The summed E-state index contributed by atoms with van der Waals surface area (Å²) < 4.78 is 5.49. The predicted molar refractivity (Wildman–Crippen MR) is 58.9 cm³/mol. The van der Waals surface area contributed by atoms with Crippen molar-refractivity contribution in [1.82, 2.24) is 4.98 Å². The van der Waals surface area contributed by atoms with E-state index >= 15 is 0 Å². The molecule has 3 heteroatoms. The molecule has 0 fully saturated rings. The van der Waals surface area contributed by atoms with Crippen molar-refractivity contribution in [2.24, 2.45) is 5.92 Å². The number of alkyl halides is 1. The number of hydrogen-bond acceptors (Lipinski definition) is 2. The molecule has 1 aromatic rings. The molecule has 0 saturated carbocycles. The second kappa shape index (κ2) is 5.20. The van der Waals surface area contributed by atoms with E-state index in [1.807, 2.05) is 19.1 Å². The summed E-state index contributed by atoms with van der Waals surface area (Å²) in [5, 5.41) is 0. The molecule has 14 heavy (non-hydrogen) atoms. The molecule has 1 aromatic heterocycles. The van der Waals surface area contributed by atoms with Crippen LogP contribution in [0.1, 0.15) is 25.1 Å². The minimum atomic E-state index is 0.503. The van der Waals surface area contributed by atoms with E-state index in [9.17, 15) is 0 Å². The van der Waals surface area contributed by atoms with Gasteiger partial charge in [-0.1, -0.05) is 19.9 Å². The van der Waals surface area contributed by atoms with Crippen LogP contribution in [-0.2, 0) is 5.88 Å². The Hall–Kier alpha value is -0.760. The molecule has 0 atom stereocenters. The number of aryl methyl sites for hydroxylation is 1. The molecule has 0 radical (unpaired) electrons. The number of aromatic nitrogens is 1. The normalized spacial score (nSPS) is 10.6. The molecule has 0 bridgehead atoms. The number of hydrogen-bond donors (Lipinski definition) is 0. The molecule has 2 nitrogen and oxygen atoms in total. The lowest BCUT2D eigenvalue weighted by atomic mass is 10.2. The Morgan fingerprint density at radius 1 is 1.43 bits per heavy atom. The first-order valence-electron chi connectivity index (χ1n) is 4.78. The fourth-order valence-corrected chi connectivity index (χ4v) is 1.32. The van der Waals surface area contributed by atoms with Crippen molar-refractivity contribution in [1.29, 1.82) is 0 Å². The van der Waals surface area contributed by atoms with Gasteiger partial charge in [0.15, 0.2) is 0 Å². The van der Waals surface area contributed by atoms with Crippen LogP contribution in [0.15, 0.2) is 12.1 Å². The van der Waals surface area contributed by atoms with Crippen molar-refractivity contribution in [3.63, 3.8) is 0 Å². The second-order valence-electron chi connectivity index (χ2n) is 3.73. The van der Waals surface area contributed by atoms with Crippen LogP contribution in [0.3, 0.4) is 0 Å². The van der Waals surface area contributed by atoms with E-state index in [1.165, 1.54) is 0 Å². The third kappa shape index (κ3) is 3.18. The Labute approximate surface area is 90.3 Å². The molecular formula is C11H16ClNO. The van der Waals surface area contributed by atoms with Crippen molar-refractivity contribution < 1.29 is 4.74 Å². The van der Waals surface area contributed by atoms with Crippen molar-refractivity contribution >= 4 is 11.6 Å². The van der Waals surface area contributed by atoms with E-state index in [0.717, 1.165) is 11.3 Å². The Bertz CT molecular complexity index is 299. The highest BCUT2D eigenvalue weighted by atomic mass is 35.5. The first-order valence-corrected chi connectivity index (χ1v) is 5.32. The van der Waals surface area contributed by atoms with Gasteiger partial charge >= 0.3 is 0 Å². The number of rotatable bonds is 4. The lowest BCUT2D eigenvalue weighted by Gasteiger charge is -2.09. The quantitative estimate of drug-likeness (QED) is 0.717. The van der Waals surface area contributed by atoms with E-state index < -0.39 is 0 Å². The smallest absolute Gasteiger partial charge is 0.213 e. The summed E-state index contributed by atoms with van der Waals surface area (Å²) in [5.74, 6) is 1.71. The van der Waals surface area contributed by atoms with Gasteiger partial charge in [0.05, 0.1) is 6.61 Å². The minimum Gasteiger partial charge on any atom is -0.477 e. The molecule has 1 heterocycles. The summed E-state index contributed by atoms with van der Waals surface area (Å²) in [6.45, 7) is 6.87. The Balaban J connectivity index is 2.66. The second-order valence-corrected chi connectivity index (χ2v) is 4.00. The van der Waals surface area contributed by atoms with E-state index in [2.05, 4.69) is 18.8 Å². The lowest BCUT2D eigenvalue weighted by molar-refractivity contribution is 0.261. The largest absolute Gasteiger partial charge is 0.477 e. The molecule has 0 unspecified atom stereocenters. The Morgan fingerprint density at radius 2 is 2.14 bits per heavy atom. The first kappa shape index (κ1) is 11.3. The van der Waals surface area contributed by atoms with Crippen LogP contribution in [0.5, 0.6) is 5.88 Å². The summed E-state index contributed by atoms with van der Waals surface area (Å²) in [6, 6.07) is 3.83. The van der Waals surface area contributed by atoms with Crippen molar-refractivity contribution in [2.45, 2.75) is 26.7 Å². The van der Waals surface area contributed by atoms with Gasteiger partial charge in [0.2, 0.25) is 5.88 Å². The number of ether oxygens (including phenoxy) is 1. The fraction of sp³-hybridized carbons (Fsp3) is 0.545. The van der Waals surface area contributed by atoms with E-state index in [4.69, 9.17) is 16.3 Å². The van der Waals surface area contributed by atoms with Crippen molar-refractivity contribution in [3.8, 4) is 5.88 Å². The van der Waals surface area contributed by atoms with Crippen LogP contribution >= 0.6 is 11.6 Å². The van der Waals surface area contributed by atoms with Gasteiger partial charge in [0, 0.05) is 17.6 Å². The van der Waals surface area contributed by atoms with E-state index in [1.54, 1.807) is 0 Å². The Kier molecular flexibility index (Phi) is 4.21. The van der Waals surface area contributed by atoms with Crippen molar-refractivity contribution in [3.05, 3.63) is 23.4 Å². The molecule has 0 aliphatic carbocycles. The summed E-state index contributed by atoms with van der Waals surface area (Å²) in [7, 11) is 0. The maximum Gasteiger partial charge on any atom is 0.213 e. The lowest BCUT2D eigenvalue weighted by Crippen LogP contribution is -2.06. The Morgan fingerprint density at radius 3 is 2.64 bits per heavy atom. The predicted octanol–water partition coefficient (Wildman–Crippen LogP) is 3.16. The van der Waals surface area contributed by atoms with E-state index in [0.29, 0.717) is 24.3 Å². The monoisotopic (exact) mass is 213 g/mol. The zero-order chi connectivity index (χ0) is 10.6. The van der Waals surface area contributed by atoms with Gasteiger partial charge in [-0.25, -0.2) is 4.98 Å². The molecule has 0 aromatic carbocycles. The van der Waals surface area contributed by atoms with Gasteiger partial charge in [-0.15, -0.1) is 11.6 Å². The summed E-state index contributed by atoms with van der Waals surface area (Å²) in [6.07, 6.45) is 0. The molecular weight excluding hydrogens is 198 g/mol. The summed E-state index contributed by atoms with van der Waals surface area (Å²) >= 11 is 5.73. The highest BCUT2D eigenvalue weighted by molar-refractivity contribution is 6.17. The first-order chi connectivity index (χ1) is 6.63. The molecule has 0 saturated heterocycles. The topological polar surface area (TPSA) is 22.1 Å². The highest BCUT2D eigenvalue weighted by Crippen LogP contribution is 2.14. The number of pyridine rings is 1. The van der Waals surface area contributed by atoms with Gasteiger partial charge in [-0.05, 0) is 18.4 Å². The zero-order valence-corrected chi connectivity index (χ0v) is 9.64. The standard InChI is InChI=1S/C11H16ClNO/c1-8(2)7-14-11-5-4-10(6-12)9(3)13-11/h4-5,8H,6-7H2,1-3H3. The van der Waals surface area contributed by atoms with Crippen LogP contribution in [0.4, 0.5) is 0 Å². The summed E-state index contributed by atoms with van der Waals surface area (Å²) in [4.78, 5) is 4.31. The third-order valence-corrected chi connectivity index (χ3v) is 2.17. The van der Waals surface area contributed by atoms with Gasteiger partial charge < -0.3 is 4.74 Å². The maximum absolute atomic E-state index is 5.73. The van der Waals surface area contributed by atoms with Gasteiger partial charge in [-0.3, -0.25) is 0 Å². The van der Waals surface area contributed by atoms with Crippen LogP contribution in [-0.4, -0.2) is 11.6 Å². The van der Waals surface area contributed by atoms with Gasteiger partial charge in [0.25, 0.3) is 0 Å². The average molecular weight is 214 g/mol. The molecule has 0 N–H and O–H groups in total. The highest BCUT2D eigenvalue weighted by Gasteiger charge is 2.02. The maximum atomic E-state index is 5.73. The van der Waals surface area contributed by atoms with Gasteiger partial charge in [-0.2, -0.15) is 0 Å². The number of nitrogens with zero attached hydrogens (tertiary/aromatic N) is 1. The van der Waals surface area contributed by atoms with Crippen LogP contribution in [0, 0.1) is 12.8 Å². The van der Waals surface area contributed by atoms with Crippen LogP contribution < -0.4 is 4.74 Å². The third-order valence-electron chi connectivity index (χ3n) is 1.88. The molecule has 0 aliphatic heterocycles. The van der Waals surface area contributed by atoms with Crippen LogP contribution in [0.25, 0.3) is 0 Å². The fourth-order valence-electron chi connectivity index (χ4n) is 1.04. The molecule has 78 valence electrons. The van der Waals surface area contributed by atoms with Crippen LogP contribution in [0.2, 0.25) is 0 Å². The van der Waals surface area contributed by atoms with Crippen molar-refractivity contribution in [2.75, 3.05) is 6.61 Å². The zero-order valence-electron chi connectivity index (χ0n) is 8.88. The molecule has 1 rings (SSSR count).